The molecule has 0 bridgehead atoms. The van der Waals surface area contributed by atoms with E-state index in [9.17, 15) is 4.39 Å². The SMILES string of the molecule is Fc1cc(-n2ncnc2COCc2ccccc2)ccc1Cl. The first-order valence-electron chi connectivity index (χ1n) is 6.70. The zero-order chi connectivity index (χ0) is 15.4. The van der Waals surface area contributed by atoms with Crippen LogP contribution >= 0.6 is 11.6 Å². The maximum atomic E-state index is 13.6. The molecule has 0 fully saturated rings. The van der Waals surface area contributed by atoms with Crippen molar-refractivity contribution in [3.05, 3.63) is 77.1 Å². The van der Waals surface area contributed by atoms with E-state index in [4.69, 9.17) is 16.3 Å². The second kappa shape index (κ2) is 6.68. The standard InChI is InChI=1S/C16H13ClFN3O/c17-14-7-6-13(8-15(14)18)21-16(19-11-20-21)10-22-9-12-4-2-1-3-5-12/h1-8,11H,9-10H2. The number of halogens is 2. The molecule has 0 amide bonds. The zero-order valence-electron chi connectivity index (χ0n) is 11.6. The zero-order valence-corrected chi connectivity index (χ0v) is 12.4. The van der Waals surface area contributed by atoms with Crippen LogP contribution in [0.1, 0.15) is 11.4 Å². The molecular formula is C16H13ClFN3O. The third-order valence-electron chi connectivity index (χ3n) is 3.11. The summed E-state index contributed by atoms with van der Waals surface area (Å²) < 4.78 is 20.7. The smallest absolute Gasteiger partial charge is 0.158 e. The van der Waals surface area contributed by atoms with Crippen molar-refractivity contribution in [2.45, 2.75) is 13.2 Å². The Labute approximate surface area is 132 Å². The molecule has 0 radical (unpaired) electrons. The lowest BCUT2D eigenvalue weighted by atomic mass is 10.2. The van der Waals surface area contributed by atoms with E-state index in [-0.39, 0.29) is 11.6 Å². The predicted octanol–water partition coefficient (Wildman–Crippen LogP) is 3.78. The average molecular weight is 318 g/mol. The summed E-state index contributed by atoms with van der Waals surface area (Å²) in [4.78, 5) is 4.15. The summed E-state index contributed by atoms with van der Waals surface area (Å²) in [5.74, 6) is 0.100. The summed E-state index contributed by atoms with van der Waals surface area (Å²) >= 11 is 5.69. The van der Waals surface area contributed by atoms with E-state index in [2.05, 4.69) is 10.1 Å². The highest BCUT2D eigenvalue weighted by molar-refractivity contribution is 6.30. The van der Waals surface area contributed by atoms with Crippen LogP contribution in [0.5, 0.6) is 0 Å². The molecule has 1 heterocycles. The number of hydrogen-bond donors (Lipinski definition) is 0. The Morgan fingerprint density at radius 3 is 2.68 bits per heavy atom. The first-order valence-corrected chi connectivity index (χ1v) is 7.08. The maximum absolute atomic E-state index is 13.6. The molecule has 0 spiro atoms. The quantitative estimate of drug-likeness (QED) is 0.719. The Balaban J connectivity index is 1.71. The second-order valence-electron chi connectivity index (χ2n) is 4.66. The molecule has 3 rings (SSSR count). The Bertz CT molecular complexity index is 761. The van der Waals surface area contributed by atoms with Gasteiger partial charge in [0.25, 0.3) is 0 Å². The van der Waals surface area contributed by atoms with Crippen LogP contribution in [0.4, 0.5) is 4.39 Å². The predicted molar refractivity (Wildman–Crippen MR) is 81.3 cm³/mol. The van der Waals surface area contributed by atoms with Gasteiger partial charge in [-0.3, -0.25) is 0 Å². The Morgan fingerprint density at radius 1 is 1.09 bits per heavy atom. The summed E-state index contributed by atoms with van der Waals surface area (Å²) in [7, 11) is 0. The van der Waals surface area contributed by atoms with E-state index in [1.807, 2.05) is 30.3 Å². The van der Waals surface area contributed by atoms with Crippen molar-refractivity contribution in [1.29, 1.82) is 0 Å². The van der Waals surface area contributed by atoms with Gasteiger partial charge in [0.15, 0.2) is 5.82 Å². The number of rotatable bonds is 5. The minimum absolute atomic E-state index is 0.0748. The number of aromatic nitrogens is 3. The molecule has 0 aliphatic rings. The lowest BCUT2D eigenvalue weighted by molar-refractivity contribution is 0.100. The van der Waals surface area contributed by atoms with E-state index >= 15 is 0 Å². The van der Waals surface area contributed by atoms with Gasteiger partial charge in [-0.1, -0.05) is 41.9 Å². The van der Waals surface area contributed by atoms with Crippen LogP contribution in [0.3, 0.4) is 0 Å². The van der Waals surface area contributed by atoms with Gasteiger partial charge in [-0.2, -0.15) is 5.10 Å². The number of hydrogen-bond acceptors (Lipinski definition) is 3. The third kappa shape index (κ3) is 3.32. The summed E-state index contributed by atoms with van der Waals surface area (Å²) in [5.41, 5.74) is 1.63. The fourth-order valence-corrected chi connectivity index (χ4v) is 2.15. The fraction of sp³-hybridized carbons (Fsp3) is 0.125. The van der Waals surface area contributed by atoms with E-state index in [0.29, 0.717) is 18.1 Å². The number of nitrogens with zero attached hydrogens (tertiary/aromatic N) is 3. The first kappa shape index (κ1) is 14.7. The highest BCUT2D eigenvalue weighted by Crippen LogP contribution is 2.18. The van der Waals surface area contributed by atoms with Crippen LogP contribution in [0.15, 0.2) is 54.9 Å². The molecule has 112 valence electrons. The van der Waals surface area contributed by atoms with Crippen molar-refractivity contribution < 1.29 is 9.13 Å². The average Bonchev–Trinajstić information content (AvgIpc) is 3.00. The Morgan fingerprint density at radius 2 is 1.91 bits per heavy atom. The lowest BCUT2D eigenvalue weighted by Crippen LogP contribution is -2.06. The van der Waals surface area contributed by atoms with Gasteiger partial charge in [-0.05, 0) is 17.7 Å². The summed E-state index contributed by atoms with van der Waals surface area (Å²) in [6, 6.07) is 14.3. The second-order valence-corrected chi connectivity index (χ2v) is 5.07. The van der Waals surface area contributed by atoms with Gasteiger partial charge in [-0.15, -0.1) is 0 Å². The molecule has 22 heavy (non-hydrogen) atoms. The Kier molecular flexibility index (Phi) is 4.46. The normalized spacial score (nSPS) is 10.8. The molecule has 0 aliphatic heterocycles. The van der Waals surface area contributed by atoms with Crippen LogP contribution in [0.2, 0.25) is 5.02 Å². The van der Waals surface area contributed by atoms with Crippen LogP contribution in [0, 0.1) is 5.82 Å². The van der Waals surface area contributed by atoms with Gasteiger partial charge in [0, 0.05) is 6.07 Å². The molecule has 4 nitrogen and oxygen atoms in total. The lowest BCUT2D eigenvalue weighted by Gasteiger charge is -2.07. The molecule has 1 aromatic heterocycles. The van der Waals surface area contributed by atoms with Gasteiger partial charge in [0.05, 0.1) is 17.3 Å². The minimum atomic E-state index is -0.495. The van der Waals surface area contributed by atoms with Crippen molar-refractivity contribution >= 4 is 11.6 Å². The van der Waals surface area contributed by atoms with Crippen molar-refractivity contribution in [2.75, 3.05) is 0 Å². The van der Waals surface area contributed by atoms with Crippen LogP contribution in [-0.2, 0) is 18.0 Å². The molecule has 0 aliphatic carbocycles. The molecule has 0 N–H and O–H groups in total. The third-order valence-corrected chi connectivity index (χ3v) is 3.42. The molecule has 0 unspecified atom stereocenters. The van der Waals surface area contributed by atoms with Gasteiger partial charge in [0.1, 0.15) is 18.8 Å². The van der Waals surface area contributed by atoms with Gasteiger partial charge >= 0.3 is 0 Å². The number of ether oxygens (including phenoxy) is 1. The van der Waals surface area contributed by atoms with Gasteiger partial charge in [0.2, 0.25) is 0 Å². The van der Waals surface area contributed by atoms with Crippen molar-refractivity contribution in [3.63, 3.8) is 0 Å². The van der Waals surface area contributed by atoms with E-state index in [1.165, 1.54) is 23.1 Å². The van der Waals surface area contributed by atoms with E-state index < -0.39 is 5.82 Å². The topological polar surface area (TPSA) is 39.9 Å². The summed E-state index contributed by atoms with van der Waals surface area (Å²) in [6.45, 7) is 0.752. The van der Waals surface area contributed by atoms with Crippen LogP contribution < -0.4 is 0 Å². The molecule has 6 heteroatoms. The van der Waals surface area contributed by atoms with Gasteiger partial charge in [-0.25, -0.2) is 14.1 Å². The summed E-state index contributed by atoms with van der Waals surface area (Å²) in [5, 5.41) is 4.17. The maximum Gasteiger partial charge on any atom is 0.158 e. The van der Waals surface area contributed by atoms with Crippen molar-refractivity contribution in [2.24, 2.45) is 0 Å². The first-order chi connectivity index (χ1) is 10.7. The van der Waals surface area contributed by atoms with E-state index in [1.54, 1.807) is 6.07 Å². The molecule has 0 saturated heterocycles. The molecule has 0 saturated carbocycles. The highest BCUT2D eigenvalue weighted by Gasteiger charge is 2.09. The minimum Gasteiger partial charge on any atom is -0.369 e. The highest BCUT2D eigenvalue weighted by atomic mass is 35.5. The largest absolute Gasteiger partial charge is 0.369 e. The molecule has 3 aromatic rings. The molecular weight excluding hydrogens is 305 g/mol. The van der Waals surface area contributed by atoms with E-state index in [0.717, 1.165) is 5.56 Å². The van der Waals surface area contributed by atoms with Crippen molar-refractivity contribution in [3.8, 4) is 5.69 Å². The van der Waals surface area contributed by atoms with Gasteiger partial charge < -0.3 is 4.74 Å². The van der Waals surface area contributed by atoms with Crippen molar-refractivity contribution in [1.82, 2.24) is 14.8 Å². The number of benzene rings is 2. The molecule has 0 atom stereocenters. The summed E-state index contributed by atoms with van der Waals surface area (Å²) in [6.07, 6.45) is 1.41. The monoisotopic (exact) mass is 317 g/mol. The Hall–Kier alpha value is -2.24. The molecule has 2 aromatic carbocycles. The van der Waals surface area contributed by atoms with Crippen LogP contribution in [0.25, 0.3) is 5.69 Å². The van der Waals surface area contributed by atoms with Crippen LogP contribution in [-0.4, -0.2) is 14.8 Å². The fourth-order valence-electron chi connectivity index (χ4n) is 2.03.